The fourth-order valence-corrected chi connectivity index (χ4v) is 15.7. The molecule has 0 unspecified atom stereocenters. The van der Waals surface area contributed by atoms with Gasteiger partial charge in [-0.25, -0.2) is 0 Å². The van der Waals surface area contributed by atoms with Crippen LogP contribution in [-0.4, -0.2) is 23.1 Å². The fourth-order valence-electron chi connectivity index (χ4n) is 10.1. The number of fused-ring (bicyclic) bond motifs is 13. The van der Waals surface area contributed by atoms with Crippen molar-refractivity contribution in [3.63, 3.8) is 0 Å². The smallest absolute Gasteiger partial charge is 0.234 e. The van der Waals surface area contributed by atoms with E-state index in [1.807, 2.05) is 59.1 Å². The molecular weight excluding hydrogens is 777 g/mol. The largest absolute Gasteiger partial charge is 0.481 e. The van der Waals surface area contributed by atoms with Gasteiger partial charge in [-0.15, -0.1) is 45.3 Å². The summed E-state index contributed by atoms with van der Waals surface area (Å²) in [4.78, 5) is 58.6. The minimum absolute atomic E-state index is 0.444. The highest BCUT2D eigenvalue weighted by atomic mass is 32.1. The lowest BCUT2D eigenvalue weighted by Crippen LogP contribution is -2.37. The van der Waals surface area contributed by atoms with E-state index >= 15 is 0 Å². The number of rotatable bonds is 2. The van der Waals surface area contributed by atoms with Gasteiger partial charge in [-0.3, -0.25) is 19.2 Å². The van der Waals surface area contributed by atoms with Crippen LogP contribution in [0.2, 0.25) is 0 Å². The molecule has 6 aromatic rings. The lowest BCUT2D eigenvalue weighted by atomic mass is 9.76. The van der Waals surface area contributed by atoms with Crippen molar-refractivity contribution in [3.05, 3.63) is 104 Å². The molecule has 4 aliphatic carbocycles. The molecule has 2 spiro atoms. The normalized spacial score (nSPS) is 21.3. The standard InChI is InChI=1S/C46H32O6S4/c47-35-27-13-5-3-11-25(27)29(37(35)49)19-23-21-31-39(53-23)41-33(45(51-31)15-7-1-8-16-45)43-44(55-41)34-42(56-43)40-32(52-46(34)17-9-2-10-18-46)22-24(54-40)20-30-26-12-4-6-14-28(26)36(48)38(30)50/h3-6,11-14,19-22H,1-2,7-10,15-18H2/b29-19-,30-20-. The minimum Gasteiger partial charge on any atom is -0.481 e. The molecule has 0 N–H and O–H groups in total. The van der Waals surface area contributed by atoms with Crippen molar-refractivity contribution in [2.45, 2.75) is 75.4 Å². The van der Waals surface area contributed by atoms with E-state index in [0.717, 1.165) is 82.4 Å². The van der Waals surface area contributed by atoms with Crippen LogP contribution in [0.4, 0.5) is 0 Å². The number of ketones is 4. The van der Waals surface area contributed by atoms with E-state index in [1.54, 1.807) is 46.9 Å². The summed E-state index contributed by atoms with van der Waals surface area (Å²) < 4.78 is 17.0. The van der Waals surface area contributed by atoms with Gasteiger partial charge in [0, 0.05) is 43.2 Å². The summed E-state index contributed by atoms with van der Waals surface area (Å²) in [7, 11) is 0. The second kappa shape index (κ2) is 11.9. The van der Waals surface area contributed by atoms with Crippen LogP contribution in [-0.2, 0) is 20.8 Å². The molecule has 12 rings (SSSR count). The van der Waals surface area contributed by atoms with E-state index < -0.39 is 34.3 Å². The summed E-state index contributed by atoms with van der Waals surface area (Å²) in [6.07, 6.45) is 14.3. The van der Waals surface area contributed by atoms with Gasteiger partial charge in [-0.2, -0.15) is 0 Å². The van der Waals surface area contributed by atoms with Crippen molar-refractivity contribution in [1.29, 1.82) is 0 Å². The number of Topliss-reactive ketones (excluding diaryl/α,β-unsaturated/α-hetero) is 4. The number of hydrogen-bond donors (Lipinski definition) is 0. The monoisotopic (exact) mass is 808 g/mol. The molecule has 0 saturated heterocycles. The zero-order valence-corrected chi connectivity index (χ0v) is 33.3. The van der Waals surface area contributed by atoms with Gasteiger partial charge >= 0.3 is 0 Å². The summed E-state index contributed by atoms with van der Waals surface area (Å²) in [5.74, 6) is -0.0611. The maximum Gasteiger partial charge on any atom is 0.234 e. The van der Waals surface area contributed by atoms with Crippen LogP contribution in [0.3, 0.4) is 0 Å². The van der Waals surface area contributed by atoms with Crippen LogP contribution in [0.15, 0.2) is 60.7 Å². The van der Waals surface area contributed by atoms with Gasteiger partial charge in [-0.05, 0) is 86.8 Å². The zero-order valence-electron chi connectivity index (χ0n) is 30.1. The number of hydrogen-bond acceptors (Lipinski definition) is 10. The first kappa shape index (κ1) is 33.4. The van der Waals surface area contributed by atoms with Gasteiger partial charge in [0.25, 0.3) is 0 Å². The van der Waals surface area contributed by atoms with Gasteiger partial charge in [0.15, 0.2) is 0 Å². The summed E-state index contributed by atoms with van der Waals surface area (Å²) >= 11 is 7.03. The van der Waals surface area contributed by atoms with E-state index in [9.17, 15) is 19.2 Å². The van der Waals surface area contributed by atoms with Gasteiger partial charge in [0.1, 0.15) is 22.7 Å². The zero-order chi connectivity index (χ0) is 37.5. The second-order valence-electron chi connectivity index (χ2n) is 15.8. The molecule has 0 radical (unpaired) electrons. The summed E-state index contributed by atoms with van der Waals surface area (Å²) in [5, 5.41) is 0. The predicted molar refractivity (Wildman–Crippen MR) is 224 cm³/mol. The van der Waals surface area contributed by atoms with Crippen LogP contribution < -0.4 is 9.47 Å². The molecule has 6 aliphatic rings. The van der Waals surface area contributed by atoms with Crippen molar-refractivity contribution in [2.24, 2.45) is 0 Å². The van der Waals surface area contributed by atoms with Crippen molar-refractivity contribution >= 4 is 101 Å². The molecular formula is C46H32O6S4. The number of allylic oxidation sites excluding steroid dienone is 2. The third-order valence-electron chi connectivity index (χ3n) is 12.6. The summed E-state index contributed by atoms with van der Waals surface area (Å²) in [6, 6.07) is 18.7. The molecule has 0 bridgehead atoms. The van der Waals surface area contributed by atoms with E-state index in [0.29, 0.717) is 33.4 Å². The third-order valence-corrected chi connectivity index (χ3v) is 17.6. The second-order valence-corrected chi connectivity index (χ2v) is 20.0. The Morgan fingerprint density at radius 2 is 0.857 bits per heavy atom. The SMILES string of the molecule is O=C1C(=O)c2ccccc2/C1=C/c1cc2c(s1)-c1sc3c4c(sc3c1C1(CCCCC1)O2)-c1sc(/C=C2\C(=O)C(=O)c3ccccc32)cc1OC41CCCCC1. The lowest BCUT2D eigenvalue weighted by molar-refractivity contribution is -0.110. The highest BCUT2D eigenvalue weighted by molar-refractivity contribution is 7.34. The van der Waals surface area contributed by atoms with Crippen LogP contribution in [0, 0.1) is 0 Å². The van der Waals surface area contributed by atoms with Crippen molar-refractivity contribution in [3.8, 4) is 31.0 Å². The lowest BCUT2D eigenvalue weighted by Gasteiger charge is -2.41. The quantitative estimate of drug-likeness (QED) is 0.128. The van der Waals surface area contributed by atoms with Crippen molar-refractivity contribution in [1.82, 2.24) is 0 Å². The van der Waals surface area contributed by atoms with Gasteiger partial charge in [0.2, 0.25) is 23.1 Å². The summed E-state index contributed by atoms with van der Waals surface area (Å²) in [6.45, 7) is 0. The number of ether oxygens (including phenoxy) is 2. The molecule has 2 aromatic carbocycles. The molecule has 4 aromatic heterocycles. The first-order valence-electron chi connectivity index (χ1n) is 19.4. The first-order chi connectivity index (χ1) is 27.3. The van der Waals surface area contributed by atoms with Crippen LogP contribution >= 0.6 is 45.3 Å². The van der Waals surface area contributed by atoms with Crippen molar-refractivity contribution < 1.29 is 28.7 Å². The number of benzene rings is 2. The van der Waals surface area contributed by atoms with E-state index in [2.05, 4.69) is 12.1 Å². The number of thiophene rings is 4. The minimum atomic E-state index is -0.454. The molecule has 10 heteroatoms. The Balaban J connectivity index is 1.04. The van der Waals surface area contributed by atoms with Gasteiger partial charge in [0.05, 0.1) is 28.9 Å². The average Bonchev–Trinajstić information content (AvgIpc) is 4.05. The molecule has 6 nitrogen and oxygen atoms in total. The Morgan fingerprint density at radius 1 is 0.464 bits per heavy atom. The maximum absolute atomic E-state index is 13.2. The Kier molecular flexibility index (Phi) is 7.10. The highest BCUT2D eigenvalue weighted by Gasteiger charge is 2.51. The molecule has 276 valence electrons. The molecule has 2 aliphatic heterocycles. The Labute approximate surface area is 338 Å². The van der Waals surface area contributed by atoms with E-state index in [1.165, 1.54) is 43.1 Å². The summed E-state index contributed by atoms with van der Waals surface area (Å²) in [5.41, 5.74) is 4.95. The molecule has 6 heterocycles. The molecule has 2 saturated carbocycles. The van der Waals surface area contributed by atoms with Crippen molar-refractivity contribution in [2.75, 3.05) is 0 Å². The Morgan fingerprint density at radius 3 is 1.27 bits per heavy atom. The number of carbonyl (C=O) groups is 4. The van der Waals surface area contributed by atoms with Gasteiger partial charge < -0.3 is 9.47 Å². The Bertz CT molecular complexity index is 2660. The molecule has 0 amide bonds. The fraction of sp³-hybridized carbons (Fsp3) is 0.261. The Hall–Kier alpha value is -4.74. The average molecular weight is 809 g/mol. The highest BCUT2D eigenvalue weighted by Crippen LogP contribution is 2.66. The number of carbonyl (C=O) groups excluding carboxylic acids is 4. The first-order valence-corrected chi connectivity index (χ1v) is 22.7. The van der Waals surface area contributed by atoms with Crippen LogP contribution in [0.1, 0.15) is 117 Å². The predicted octanol–water partition coefficient (Wildman–Crippen LogP) is 12.1. The van der Waals surface area contributed by atoms with Crippen LogP contribution in [0.25, 0.3) is 52.2 Å². The van der Waals surface area contributed by atoms with E-state index in [4.69, 9.17) is 9.47 Å². The maximum atomic E-state index is 13.2. The van der Waals surface area contributed by atoms with Crippen LogP contribution in [0.5, 0.6) is 11.5 Å². The van der Waals surface area contributed by atoms with E-state index in [-0.39, 0.29) is 0 Å². The molecule has 2 fully saturated rings. The third kappa shape index (κ3) is 4.52. The topological polar surface area (TPSA) is 86.7 Å². The molecule has 56 heavy (non-hydrogen) atoms. The molecule has 0 atom stereocenters. The van der Waals surface area contributed by atoms with Gasteiger partial charge in [-0.1, -0.05) is 61.4 Å².